The van der Waals surface area contributed by atoms with Crippen LogP contribution < -0.4 is 15.8 Å². The Kier molecular flexibility index (Phi) is 4.77. The molecule has 9 heteroatoms. The molecule has 0 saturated carbocycles. The summed E-state index contributed by atoms with van der Waals surface area (Å²) >= 11 is 0. The number of halogens is 3. The summed E-state index contributed by atoms with van der Waals surface area (Å²) < 4.78 is 45.4. The summed E-state index contributed by atoms with van der Waals surface area (Å²) in [6, 6.07) is 5.31. The van der Waals surface area contributed by atoms with Gasteiger partial charge in [0, 0.05) is 17.3 Å². The maximum atomic E-state index is 12.2. The van der Waals surface area contributed by atoms with Gasteiger partial charge >= 0.3 is 6.36 Å². The van der Waals surface area contributed by atoms with Gasteiger partial charge < -0.3 is 20.3 Å². The maximum absolute atomic E-state index is 12.2. The first-order chi connectivity index (χ1) is 10.7. The van der Waals surface area contributed by atoms with Crippen LogP contribution in [0.5, 0.6) is 5.75 Å². The van der Waals surface area contributed by atoms with Gasteiger partial charge in [0.25, 0.3) is 0 Å². The first-order valence-electron chi connectivity index (χ1n) is 6.59. The van der Waals surface area contributed by atoms with Gasteiger partial charge in [0.2, 0.25) is 0 Å². The third-order valence-electron chi connectivity index (χ3n) is 2.93. The molecule has 1 heterocycles. The van der Waals surface area contributed by atoms with Gasteiger partial charge in [-0.15, -0.1) is 13.2 Å². The van der Waals surface area contributed by atoms with E-state index in [9.17, 15) is 13.2 Å². The zero-order chi connectivity index (χ0) is 17.0. The van der Waals surface area contributed by atoms with Crippen LogP contribution in [-0.2, 0) is 6.54 Å². The lowest BCUT2D eigenvalue weighted by atomic mass is 10.2. The molecule has 0 fully saturated rings. The Morgan fingerprint density at radius 1 is 1.39 bits per heavy atom. The number of guanidine groups is 1. The molecule has 0 atom stereocenters. The summed E-state index contributed by atoms with van der Waals surface area (Å²) in [5, 5.41) is 6.49. The lowest BCUT2D eigenvalue weighted by molar-refractivity contribution is -0.274. The number of nitrogens with two attached hydrogens (primary N) is 1. The highest BCUT2D eigenvalue weighted by atomic mass is 19.4. The Balaban J connectivity index is 2.04. The van der Waals surface area contributed by atoms with E-state index in [1.165, 1.54) is 18.2 Å². The van der Waals surface area contributed by atoms with E-state index in [1.54, 1.807) is 19.9 Å². The van der Waals surface area contributed by atoms with Crippen LogP contribution in [0.1, 0.15) is 17.0 Å². The highest BCUT2D eigenvalue weighted by molar-refractivity contribution is 5.92. The van der Waals surface area contributed by atoms with E-state index >= 15 is 0 Å². The molecule has 3 N–H and O–H groups in total. The highest BCUT2D eigenvalue weighted by Crippen LogP contribution is 2.25. The van der Waals surface area contributed by atoms with Crippen molar-refractivity contribution < 1.29 is 22.4 Å². The van der Waals surface area contributed by atoms with Gasteiger partial charge in [-0.3, -0.25) is 0 Å². The molecule has 0 aliphatic heterocycles. The van der Waals surface area contributed by atoms with Crippen LogP contribution in [0.2, 0.25) is 0 Å². The number of alkyl halides is 3. The second-order valence-electron chi connectivity index (χ2n) is 4.70. The molecule has 2 rings (SSSR count). The summed E-state index contributed by atoms with van der Waals surface area (Å²) in [6.45, 7) is 3.79. The Hall–Kier alpha value is -2.71. The van der Waals surface area contributed by atoms with E-state index in [4.69, 9.17) is 10.3 Å². The van der Waals surface area contributed by atoms with Crippen molar-refractivity contribution in [2.75, 3.05) is 5.32 Å². The average molecular weight is 328 g/mol. The minimum Gasteiger partial charge on any atom is -0.406 e. The van der Waals surface area contributed by atoms with Gasteiger partial charge in [0.15, 0.2) is 5.96 Å². The topological polar surface area (TPSA) is 85.7 Å². The van der Waals surface area contributed by atoms with Gasteiger partial charge in [-0.25, -0.2) is 4.99 Å². The van der Waals surface area contributed by atoms with Crippen molar-refractivity contribution in [2.45, 2.75) is 26.8 Å². The molecule has 0 aliphatic rings. The fourth-order valence-corrected chi connectivity index (χ4v) is 1.85. The minimum absolute atomic E-state index is 0.0501. The summed E-state index contributed by atoms with van der Waals surface area (Å²) in [5.41, 5.74) is 7.57. The second-order valence-corrected chi connectivity index (χ2v) is 4.70. The third-order valence-corrected chi connectivity index (χ3v) is 2.93. The van der Waals surface area contributed by atoms with Crippen molar-refractivity contribution >= 4 is 11.6 Å². The largest absolute Gasteiger partial charge is 0.573 e. The van der Waals surface area contributed by atoms with Crippen LogP contribution in [0.3, 0.4) is 0 Å². The van der Waals surface area contributed by atoms with Crippen molar-refractivity contribution in [1.82, 2.24) is 5.16 Å². The van der Waals surface area contributed by atoms with E-state index < -0.39 is 6.36 Å². The first-order valence-corrected chi connectivity index (χ1v) is 6.59. The fourth-order valence-electron chi connectivity index (χ4n) is 1.85. The number of benzene rings is 1. The number of nitrogens with one attached hydrogen (secondary N) is 1. The van der Waals surface area contributed by atoms with Gasteiger partial charge in [0.05, 0.1) is 12.2 Å². The molecule has 0 aliphatic carbocycles. The molecule has 0 bridgehead atoms. The van der Waals surface area contributed by atoms with Crippen LogP contribution in [0.25, 0.3) is 0 Å². The molecule has 1 aromatic heterocycles. The minimum atomic E-state index is -4.75. The predicted octanol–water partition coefficient (Wildman–Crippen LogP) is 3.12. The second kappa shape index (κ2) is 6.59. The van der Waals surface area contributed by atoms with Crippen LogP contribution in [0.15, 0.2) is 33.8 Å². The molecular formula is C14H15F3N4O2. The number of anilines is 1. The molecule has 0 radical (unpaired) electrons. The monoisotopic (exact) mass is 328 g/mol. The number of hydrogen-bond acceptors (Lipinski definition) is 4. The Morgan fingerprint density at radius 2 is 2.13 bits per heavy atom. The van der Waals surface area contributed by atoms with Gasteiger partial charge in [-0.1, -0.05) is 11.2 Å². The maximum Gasteiger partial charge on any atom is 0.573 e. The molecule has 0 unspecified atom stereocenters. The smallest absolute Gasteiger partial charge is 0.406 e. The molecule has 1 aromatic carbocycles. The van der Waals surface area contributed by atoms with Crippen LogP contribution in [0, 0.1) is 13.8 Å². The van der Waals surface area contributed by atoms with Crippen molar-refractivity contribution in [3.63, 3.8) is 0 Å². The summed E-state index contributed by atoms with van der Waals surface area (Å²) in [4.78, 5) is 4.11. The number of aromatic nitrogens is 1. The first kappa shape index (κ1) is 16.7. The van der Waals surface area contributed by atoms with Crippen molar-refractivity contribution in [3.05, 3.63) is 41.3 Å². The Bertz CT molecular complexity index is 691. The molecule has 0 saturated heterocycles. The van der Waals surface area contributed by atoms with Crippen molar-refractivity contribution in [2.24, 2.45) is 10.7 Å². The zero-order valence-electron chi connectivity index (χ0n) is 12.4. The zero-order valence-corrected chi connectivity index (χ0v) is 12.4. The molecule has 0 amide bonds. The summed E-state index contributed by atoms with van der Waals surface area (Å²) in [5.74, 6) is 0.342. The van der Waals surface area contributed by atoms with Crippen LogP contribution in [-0.4, -0.2) is 17.5 Å². The van der Waals surface area contributed by atoms with Crippen molar-refractivity contribution in [3.8, 4) is 5.75 Å². The number of ether oxygens (including phenoxy) is 1. The van der Waals surface area contributed by atoms with Crippen molar-refractivity contribution in [1.29, 1.82) is 0 Å². The van der Waals surface area contributed by atoms with Gasteiger partial charge in [0.1, 0.15) is 11.5 Å². The van der Waals surface area contributed by atoms with Crippen LogP contribution >= 0.6 is 0 Å². The molecule has 23 heavy (non-hydrogen) atoms. The number of nitrogens with zero attached hydrogens (tertiary/aromatic N) is 2. The SMILES string of the molecule is Cc1noc(C)c1CN=C(N)Nc1cccc(OC(F)(F)F)c1. The van der Waals surface area contributed by atoms with E-state index in [0.29, 0.717) is 17.1 Å². The highest BCUT2D eigenvalue weighted by Gasteiger charge is 2.31. The fraction of sp³-hybridized carbons (Fsp3) is 0.286. The quantitative estimate of drug-likeness (QED) is 0.665. The number of aliphatic imine (C=N–C) groups is 1. The summed E-state index contributed by atoms with van der Waals surface area (Å²) in [7, 11) is 0. The molecule has 2 aromatic rings. The number of hydrogen-bond donors (Lipinski definition) is 2. The van der Waals surface area contributed by atoms with E-state index in [-0.39, 0.29) is 18.3 Å². The molecule has 6 nitrogen and oxygen atoms in total. The Labute approximate surface area is 130 Å². The normalized spacial score (nSPS) is 12.3. The average Bonchev–Trinajstić information content (AvgIpc) is 2.74. The standard InChI is InChI=1S/C14H15F3N4O2/c1-8-12(9(2)23-21-8)7-19-13(18)20-10-4-3-5-11(6-10)22-14(15,16)17/h3-6H,7H2,1-2H3,(H3,18,19,20). The van der Waals surface area contributed by atoms with Gasteiger partial charge in [-0.05, 0) is 26.0 Å². The van der Waals surface area contributed by atoms with Crippen LogP contribution in [0.4, 0.5) is 18.9 Å². The van der Waals surface area contributed by atoms with E-state index in [1.807, 2.05) is 0 Å². The number of rotatable bonds is 4. The lowest BCUT2D eigenvalue weighted by Gasteiger charge is -2.11. The third kappa shape index (κ3) is 4.90. The van der Waals surface area contributed by atoms with E-state index in [0.717, 1.165) is 5.56 Å². The predicted molar refractivity (Wildman–Crippen MR) is 78.1 cm³/mol. The lowest BCUT2D eigenvalue weighted by Crippen LogP contribution is -2.23. The molecule has 0 spiro atoms. The Morgan fingerprint density at radius 3 is 2.74 bits per heavy atom. The van der Waals surface area contributed by atoms with E-state index in [2.05, 4.69) is 20.2 Å². The molecular weight excluding hydrogens is 313 g/mol. The molecule has 124 valence electrons. The summed E-state index contributed by atoms with van der Waals surface area (Å²) in [6.07, 6.45) is -4.75. The number of aryl methyl sites for hydroxylation is 2. The van der Waals surface area contributed by atoms with Gasteiger partial charge in [-0.2, -0.15) is 0 Å².